The van der Waals surface area contributed by atoms with Crippen LogP contribution in [0.3, 0.4) is 0 Å². The molecule has 0 radical (unpaired) electrons. The summed E-state index contributed by atoms with van der Waals surface area (Å²) in [5.41, 5.74) is 0.822. The van der Waals surface area contributed by atoms with Gasteiger partial charge in [0, 0.05) is 34.7 Å². The van der Waals surface area contributed by atoms with Crippen LogP contribution in [0.4, 0.5) is 0 Å². The number of amides is 1. The molecule has 0 spiro atoms. The molecular weight excluding hydrogens is 368 g/mol. The molecule has 1 saturated heterocycles. The Bertz CT molecular complexity index is 803. The molecule has 1 aliphatic heterocycles. The Morgan fingerprint density at radius 3 is 2.69 bits per heavy atom. The molecule has 1 fully saturated rings. The van der Waals surface area contributed by atoms with Gasteiger partial charge in [-0.2, -0.15) is 0 Å². The van der Waals surface area contributed by atoms with Crippen LogP contribution < -0.4 is 0 Å². The number of hydrogen-bond acceptors (Lipinski definition) is 5. The molecular formula is C19H22N2O3S2. The second-order valence-corrected chi connectivity index (χ2v) is 8.98. The Kier molecular flexibility index (Phi) is 5.67. The van der Waals surface area contributed by atoms with Gasteiger partial charge in [-0.1, -0.05) is 0 Å². The largest absolute Gasteiger partial charge is 0.481 e. The van der Waals surface area contributed by atoms with E-state index in [1.165, 1.54) is 0 Å². The van der Waals surface area contributed by atoms with Crippen LogP contribution in [0.1, 0.15) is 40.8 Å². The van der Waals surface area contributed by atoms with Gasteiger partial charge in [-0.3, -0.25) is 9.59 Å². The van der Waals surface area contributed by atoms with Gasteiger partial charge in [-0.05, 0) is 51.0 Å². The van der Waals surface area contributed by atoms with E-state index in [0.29, 0.717) is 18.5 Å². The third kappa shape index (κ3) is 4.27. The van der Waals surface area contributed by atoms with Crippen molar-refractivity contribution in [2.75, 3.05) is 13.1 Å². The van der Waals surface area contributed by atoms with E-state index in [9.17, 15) is 14.7 Å². The van der Waals surface area contributed by atoms with Crippen molar-refractivity contribution in [2.45, 2.75) is 37.3 Å². The number of hydrogen-bond donors (Lipinski definition) is 1. The molecule has 26 heavy (non-hydrogen) atoms. The van der Waals surface area contributed by atoms with Gasteiger partial charge < -0.3 is 10.0 Å². The van der Waals surface area contributed by atoms with Gasteiger partial charge in [-0.15, -0.1) is 23.1 Å². The second-order valence-electron chi connectivity index (χ2n) is 6.87. The number of piperidine rings is 1. The van der Waals surface area contributed by atoms with E-state index in [4.69, 9.17) is 0 Å². The van der Waals surface area contributed by atoms with Crippen LogP contribution in [0.5, 0.6) is 0 Å². The first kappa shape index (κ1) is 18.9. The first-order valence-electron chi connectivity index (χ1n) is 8.54. The summed E-state index contributed by atoms with van der Waals surface area (Å²) in [6.07, 6.45) is 1.33. The van der Waals surface area contributed by atoms with E-state index < -0.39 is 11.4 Å². The van der Waals surface area contributed by atoms with E-state index in [1.54, 1.807) is 34.9 Å². The molecule has 0 aliphatic carbocycles. The Balaban J connectivity index is 1.62. The van der Waals surface area contributed by atoms with E-state index in [1.807, 2.05) is 31.2 Å². The molecule has 2 heterocycles. The van der Waals surface area contributed by atoms with Gasteiger partial charge in [0.1, 0.15) is 0 Å². The Labute approximate surface area is 161 Å². The van der Waals surface area contributed by atoms with Gasteiger partial charge in [0.25, 0.3) is 5.91 Å². The van der Waals surface area contributed by atoms with Crippen molar-refractivity contribution < 1.29 is 14.7 Å². The molecule has 0 saturated carbocycles. The molecule has 1 aromatic carbocycles. The van der Waals surface area contributed by atoms with Gasteiger partial charge in [0.05, 0.1) is 16.1 Å². The minimum absolute atomic E-state index is 0.0937. The first-order chi connectivity index (χ1) is 12.4. The van der Waals surface area contributed by atoms with Crippen LogP contribution in [0.25, 0.3) is 0 Å². The summed E-state index contributed by atoms with van der Waals surface area (Å²) >= 11 is 3.34. The maximum Gasteiger partial charge on any atom is 0.311 e. The SMILES string of the molecule is Cc1nc(CSc2ccc(C(=O)N3CCCC(C)(C(=O)O)C3)cc2)cs1. The zero-order chi connectivity index (χ0) is 18.7. The summed E-state index contributed by atoms with van der Waals surface area (Å²) in [5.74, 6) is -0.122. The predicted octanol–water partition coefficient (Wildman–Crippen LogP) is 4.07. The molecule has 1 aromatic heterocycles. The third-order valence-corrected chi connectivity index (χ3v) is 6.52. The van der Waals surface area contributed by atoms with Crippen molar-refractivity contribution >= 4 is 35.0 Å². The lowest BCUT2D eigenvalue weighted by molar-refractivity contribution is -0.150. The summed E-state index contributed by atoms with van der Waals surface area (Å²) < 4.78 is 0. The standard InChI is InChI=1S/C19H22N2O3S2/c1-13-20-15(10-25-13)11-26-16-6-4-14(5-7-16)17(22)21-9-3-8-19(2,12-21)18(23)24/h4-7,10H,3,8-9,11-12H2,1-2H3,(H,23,24). The number of aryl methyl sites for hydroxylation is 1. The zero-order valence-corrected chi connectivity index (χ0v) is 16.5. The summed E-state index contributed by atoms with van der Waals surface area (Å²) in [6.45, 7) is 4.59. The van der Waals surface area contributed by atoms with Crippen LogP contribution in [0, 0.1) is 12.3 Å². The van der Waals surface area contributed by atoms with Crippen LogP contribution >= 0.6 is 23.1 Å². The van der Waals surface area contributed by atoms with Crippen LogP contribution in [-0.2, 0) is 10.5 Å². The highest BCUT2D eigenvalue weighted by molar-refractivity contribution is 7.98. The fourth-order valence-corrected chi connectivity index (χ4v) is 4.60. The van der Waals surface area contributed by atoms with E-state index >= 15 is 0 Å². The van der Waals surface area contributed by atoms with Crippen molar-refractivity contribution in [2.24, 2.45) is 5.41 Å². The number of carbonyl (C=O) groups excluding carboxylic acids is 1. The predicted molar refractivity (Wildman–Crippen MR) is 104 cm³/mol. The number of carboxylic acids is 1. The lowest BCUT2D eigenvalue weighted by atomic mass is 9.82. The number of rotatable bonds is 5. The Hall–Kier alpha value is -1.86. The molecule has 2 aromatic rings. The molecule has 1 aliphatic rings. The fourth-order valence-electron chi connectivity index (χ4n) is 3.10. The highest BCUT2D eigenvalue weighted by Gasteiger charge is 2.39. The Morgan fingerprint density at radius 1 is 1.35 bits per heavy atom. The van der Waals surface area contributed by atoms with Gasteiger partial charge in [0.15, 0.2) is 0 Å². The molecule has 3 rings (SSSR count). The van der Waals surface area contributed by atoms with Crippen molar-refractivity contribution in [3.63, 3.8) is 0 Å². The summed E-state index contributed by atoms with van der Waals surface area (Å²) in [5, 5.41) is 12.5. The minimum Gasteiger partial charge on any atom is -0.481 e. The maximum absolute atomic E-state index is 12.7. The number of carbonyl (C=O) groups is 2. The highest BCUT2D eigenvalue weighted by Crippen LogP contribution is 2.31. The van der Waals surface area contributed by atoms with E-state index in [-0.39, 0.29) is 12.5 Å². The maximum atomic E-state index is 12.7. The molecule has 1 unspecified atom stereocenters. The van der Waals surface area contributed by atoms with Crippen molar-refractivity contribution in [3.8, 4) is 0 Å². The van der Waals surface area contributed by atoms with Crippen LogP contribution in [0.15, 0.2) is 34.5 Å². The Morgan fingerprint density at radius 2 is 2.08 bits per heavy atom. The van der Waals surface area contributed by atoms with E-state index in [0.717, 1.165) is 27.8 Å². The molecule has 138 valence electrons. The lowest BCUT2D eigenvalue weighted by Crippen LogP contribution is -2.48. The van der Waals surface area contributed by atoms with Gasteiger partial charge in [0.2, 0.25) is 0 Å². The number of carboxylic acid groups (broad SMARTS) is 1. The highest BCUT2D eigenvalue weighted by atomic mass is 32.2. The third-order valence-electron chi connectivity index (χ3n) is 4.65. The minimum atomic E-state index is -0.852. The van der Waals surface area contributed by atoms with Crippen molar-refractivity contribution in [1.29, 1.82) is 0 Å². The lowest BCUT2D eigenvalue weighted by Gasteiger charge is -2.37. The molecule has 0 bridgehead atoms. The first-order valence-corrected chi connectivity index (χ1v) is 10.4. The molecule has 1 amide bonds. The van der Waals surface area contributed by atoms with Crippen LogP contribution in [0.2, 0.25) is 0 Å². The molecule has 1 atom stereocenters. The van der Waals surface area contributed by atoms with E-state index in [2.05, 4.69) is 10.4 Å². The fraction of sp³-hybridized carbons (Fsp3) is 0.421. The normalized spacial score (nSPS) is 20.2. The number of thiazole rings is 1. The van der Waals surface area contributed by atoms with Gasteiger partial charge >= 0.3 is 5.97 Å². The van der Waals surface area contributed by atoms with Gasteiger partial charge in [-0.25, -0.2) is 4.98 Å². The van der Waals surface area contributed by atoms with Crippen LogP contribution in [-0.4, -0.2) is 40.0 Å². The number of aromatic nitrogens is 1. The van der Waals surface area contributed by atoms with Crippen molar-refractivity contribution in [3.05, 3.63) is 45.9 Å². The number of benzene rings is 1. The monoisotopic (exact) mass is 390 g/mol. The smallest absolute Gasteiger partial charge is 0.311 e. The topological polar surface area (TPSA) is 70.5 Å². The molecule has 5 nitrogen and oxygen atoms in total. The van der Waals surface area contributed by atoms with Crippen molar-refractivity contribution in [1.82, 2.24) is 9.88 Å². The number of aliphatic carboxylic acids is 1. The number of nitrogens with zero attached hydrogens (tertiary/aromatic N) is 2. The summed E-state index contributed by atoms with van der Waals surface area (Å²) in [7, 11) is 0. The average molecular weight is 391 g/mol. The molecule has 1 N–H and O–H groups in total. The second kappa shape index (κ2) is 7.80. The molecule has 7 heteroatoms. The quantitative estimate of drug-likeness (QED) is 0.779. The average Bonchev–Trinajstić information content (AvgIpc) is 3.05. The zero-order valence-electron chi connectivity index (χ0n) is 14.9. The summed E-state index contributed by atoms with van der Waals surface area (Å²) in [6, 6.07) is 7.53. The number of thioether (sulfide) groups is 1. The summed E-state index contributed by atoms with van der Waals surface area (Å²) in [4.78, 5) is 31.4. The number of likely N-dealkylation sites (tertiary alicyclic amines) is 1.